The molecule has 7 rings (SSSR count). The summed E-state index contributed by atoms with van der Waals surface area (Å²) in [5, 5.41) is 22.8. The van der Waals surface area contributed by atoms with Crippen molar-refractivity contribution in [2.75, 3.05) is 21.3 Å². The van der Waals surface area contributed by atoms with Gasteiger partial charge in [-0.3, -0.25) is 14.4 Å². The van der Waals surface area contributed by atoms with Gasteiger partial charge >= 0.3 is 11.9 Å². The molecule has 390 valence electrons. The highest BCUT2D eigenvalue weighted by molar-refractivity contribution is 5.92. The Kier molecular flexibility index (Phi) is 17.7. The van der Waals surface area contributed by atoms with Crippen molar-refractivity contribution in [2.45, 2.75) is 210 Å². The van der Waals surface area contributed by atoms with Gasteiger partial charge in [-0.1, -0.05) is 48.9 Å². The lowest BCUT2D eigenvalue weighted by Crippen LogP contribution is -2.61. The molecule has 3 heterocycles. The van der Waals surface area contributed by atoms with E-state index in [2.05, 4.69) is 0 Å². The maximum Gasteiger partial charge on any atom is 0.331 e. The van der Waals surface area contributed by atoms with Crippen LogP contribution in [0.1, 0.15) is 118 Å². The van der Waals surface area contributed by atoms with Crippen molar-refractivity contribution in [2.24, 2.45) is 16.7 Å². The normalized spacial score (nSPS) is 41.1. The van der Waals surface area contributed by atoms with E-state index in [0.717, 1.165) is 11.1 Å². The van der Waals surface area contributed by atoms with Gasteiger partial charge in [0.25, 0.3) is 0 Å². The molecule has 3 saturated heterocycles. The highest BCUT2D eigenvalue weighted by Gasteiger charge is 2.66. The minimum absolute atomic E-state index is 0.0129. The second-order valence-corrected chi connectivity index (χ2v) is 20.6. The van der Waals surface area contributed by atoms with Crippen molar-refractivity contribution in [3.8, 4) is 0 Å². The lowest BCUT2D eigenvalue weighted by molar-refractivity contribution is -0.338. The molecule has 1 unspecified atom stereocenters. The average molecular weight is 985 g/mol. The van der Waals surface area contributed by atoms with Gasteiger partial charge in [-0.2, -0.15) is 0 Å². The van der Waals surface area contributed by atoms with Crippen molar-refractivity contribution in [3.63, 3.8) is 0 Å². The monoisotopic (exact) mass is 985 g/mol. The third-order valence-electron chi connectivity index (χ3n) is 16.4. The number of rotatable bonds is 17. The van der Waals surface area contributed by atoms with Gasteiger partial charge < -0.3 is 62.3 Å². The molecule has 5 fully saturated rings. The van der Waals surface area contributed by atoms with Gasteiger partial charge in [0.1, 0.15) is 47.7 Å². The number of carbonyl (C=O) groups excluding carboxylic acids is 4. The number of fused-ring (bicyclic) bond motifs is 1. The van der Waals surface area contributed by atoms with E-state index in [1.165, 1.54) is 19.9 Å². The first kappa shape index (κ1) is 54.3. The van der Waals surface area contributed by atoms with Gasteiger partial charge in [-0.15, -0.1) is 0 Å². The van der Waals surface area contributed by atoms with Crippen molar-refractivity contribution < 1.29 is 81.5 Å². The third-order valence-corrected chi connectivity index (χ3v) is 16.4. The molecule has 2 saturated carbocycles. The molecule has 0 amide bonds. The first-order chi connectivity index (χ1) is 33.2. The number of hydrogen-bond donors (Lipinski definition) is 2. The van der Waals surface area contributed by atoms with Crippen LogP contribution in [0.3, 0.4) is 0 Å². The fourth-order valence-electron chi connectivity index (χ4n) is 12.1. The average Bonchev–Trinajstić information content (AvgIpc) is 3.57. The minimum atomic E-state index is -1.88. The number of Topliss-reactive ketones (excluding diaryl/α,β-unsaturated/α-hetero) is 2. The summed E-state index contributed by atoms with van der Waals surface area (Å²) in [6.45, 7) is 12.0. The Balaban J connectivity index is 1.00. The molecule has 0 aromatic heterocycles. The van der Waals surface area contributed by atoms with E-state index in [1.54, 1.807) is 41.3 Å². The quantitative estimate of drug-likeness (QED) is 0.109. The minimum Gasteiger partial charge on any atom is -0.460 e. The summed E-state index contributed by atoms with van der Waals surface area (Å²) in [7, 11) is 4.82. The summed E-state index contributed by atoms with van der Waals surface area (Å²) in [6, 6.07) is 9.20. The van der Waals surface area contributed by atoms with Crippen LogP contribution in [0.25, 0.3) is 6.08 Å². The van der Waals surface area contributed by atoms with Gasteiger partial charge in [-0.25, -0.2) is 4.79 Å². The number of allylic oxidation sites excluding steroid dienone is 1. The predicted octanol–water partition coefficient (Wildman–Crippen LogP) is 5.73. The molecule has 3 aliphatic heterocycles. The Hall–Kier alpha value is -3.46. The van der Waals surface area contributed by atoms with Gasteiger partial charge in [0.2, 0.25) is 0 Å². The van der Waals surface area contributed by atoms with E-state index in [0.29, 0.717) is 38.5 Å². The zero-order valence-corrected chi connectivity index (χ0v) is 42.4. The van der Waals surface area contributed by atoms with Crippen LogP contribution in [0.4, 0.5) is 0 Å². The first-order valence-electron chi connectivity index (χ1n) is 25.0. The Labute approximate surface area is 412 Å². The fraction of sp³-hybridized carbons (Fsp3) is 0.736. The lowest BCUT2D eigenvalue weighted by atomic mass is 9.56. The van der Waals surface area contributed by atoms with Crippen LogP contribution in [0, 0.1) is 16.7 Å². The van der Waals surface area contributed by atoms with E-state index in [4.69, 9.17) is 52.1 Å². The molecule has 0 radical (unpaired) electrons. The molecule has 0 spiro atoms. The smallest absolute Gasteiger partial charge is 0.331 e. The summed E-state index contributed by atoms with van der Waals surface area (Å²) in [5.74, 6) is -2.42. The van der Waals surface area contributed by atoms with E-state index in [1.807, 2.05) is 57.2 Å². The zero-order valence-electron chi connectivity index (χ0n) is 42.4. The van der Waals surface area contributed by atoms with Gasteiger partial charge in [0.15, 0.2) is 18.9 Å². The number of esters is 2. The Bertz CT molecular complexity index is 2040. The van der Waals surface area contributed by atoms with Crippen LogP contribution in [-0.2, 0) is 71.3 Å². The summed E-state index contributed by atoms with van der Waals surface area (Å²) >= 11 is 0. The second kappa shape index (κ2) is 22.8. The molecule has 2 N–H and O–H groups in total. The standard InChI is InChI=1S/C53H76O17/c1-29-48(58)39(60-8)26-46(63-29)69-50-31(3)65-47(28-41(50)62-10)70-49-30(2)64-45(27-40(49)61-9)67-36-20-22-51(6)35(24-36)17-18-38(55)37(51)25-43(68-44(57)19-16-34-14-12-11-13-15-34)52(7)42(56)21-23-53(52,59)32(4)66-33(5)54/h11-17,19,29-32,36-37,39-41,43,45-50,58-59H,18,20-28H2,1-10H3/b19-16+/t29-,30-,31+,32?,36+,37+,39+,40+,41+,43-,45+,46+,47+,48-,49-,50-,51+,52-,53-/m1/s1. The van der Waals surface area contributed by atoms with E-state index < -0.39 is 114 Å². The number of carbonyl (C=O) groups is 4. The van der Waals surface area contributed by atoms with Crippen molar-refractivity contribution in [3.05, 3.63) is 53.6 Å². The van der Waals surface area contributed by atoms with Crippen LogP contribution in [0.2, 0.25) is 0 Å². The molecule has 6 aliphatic rings. The SMILES string of the molecule is CO[C@H]1C[C@H](O[C@@H]2[C@H](C)O[C@@H](O[C@H]3[C@@H](OC)C[C@H](O[C@H]4CC[C@@]5(C)C(=CCC(=O)[C@@H]5C[C@@H](OC(=O)/C=C/c5ccccc5)[C@@]5(C)C(=O)CC[C@@]5(O)C(C)OC(C)=O)C4)O[C@@H]3C)C[C@@H]2OC)O[C@H](C)[C@H]1O. The van der Waals surface area contributed by atoms with Gasteiger partial charge in [0.05, 0.1) is 48.1 Å². The topological polar surface area (TPSA) is 210 Å². The number of hydrogen-bond acceptors (Lipinski definition) is 17. The Morgan fingerprint density at radius 1 is 0.814 bits per heavy atom. The number of benzene rings is 1. The van der Waals surface area contributed by atoms with Crippen molar-refractivity contribution >= 4 is 29.6 Å². The summed E-state index contributed by atoms with van der Waals surface area (Å²) in [6.07, 6.45) is -1.03. The largest absolute Gasteiger partial charge is 0.460 e. The molecular weight excluding hydrogens is 909 g/mol. The first-order valence-corrected chi connectivity index (χ1v) is 25.0. The number of methoxy groups -OCH3 is 3. The summed E-state index contributed by atoms with van der Waals surface area (Å²) < 4.78 is 67.6. The highest BCUT2D eigenvalue weighted by atomic mass is 16.7. The van der Waals surface area contributed by atoms with E-state index in [9.17, 15) is 29.4 Å². The number of ether oxygens (including phenoxy) is 11. The summed E-state index contributed by atoms with van der Waals surface area (Å²) in [4.78, 5) is 54.1. The Morgan fingerprint density at radius 2 is 1.39 bits per heavy atom. The zero-order chi connectivity index (χ0) is 50.7. The number of aliphatic hydroxyl groups is 2. The predicted molar refractivity (Wildman–Crippen MR) is 252 cm³/mol. The third kappa shape index (κ3) is 11.3. The van der Waals surface area contributed by atoms with Crippen molar-refractivity contribution in [1.82, 2.24) is 0 Å². The number of ketones is 2. The van der Waals surface area contributed by atoms with E-state index >= 15 is 0 Å². The summed E-state index contributed by atoms with van der Waals surface area (Å²) in [5.41, 5.74) is -2.48. The van der Waals surface area contributed by atoms with Gasteiger partial charge in [-0.05, 0) is 83.8 Å². The maximum atomic E-state index is 14.2. The number of aliphatic hydroxyl groups excluding tert-OH is 1. The molecular formula is C53H76O17. The molecule has 17 nitrogen and oxygen atoms in total. The highest BCUT2D eigenvalue weighted by Crippen LogP contribution is 2.56. The fourth-order valence-corrected chi connectivity index (χ4v) is 12.1. The van der Waals surface area contributed by atoms with Crippen LogP contribution < -0.4 is 0 Å². The van der Waals surface area contributed by atoms with Gasteiger partial charge in [0, 0.05) is 72.4 Å². The Morgan fingerprint density at radius 3 is 1.97 bits per heavy atom. The van der Waals surface area contributed by atoms with E-state index in [-0.39, 0.29) is 49.5 Å². The molecule has 1 aromatic rings. The lowest BCUT2D eigenvalue weighted by Gasteiger charge is -2.51. The van der Waals surface area contributed by atoms with Crippen LogP contribution in [0.15, 0.2) is 48.1 Å². The molecule has 19 atom stereocenters. The molecule has 3 aliphatic carbocycles. The molecule has 70 heavy (non-hydrogen) atoms. The molecule has 17 heteroatoms. The van der Waals surface area contributed by atoms with Crippen LogP contribution in [-0.4, -0.2) is 153 Å². The molecule has 1 aromatic carbocycles. The molecule has 0 bridgehead atoms. The van der Waals surface area contributed by atoms with Crippen LogP contribution in [0.5, 0.6) is 0 Å². The second-order valence-electron chi connectivity index (χ2n) is 20.6. The van der Waals surface area contributed by atoms with Crippen molar-refractivity contribution in [1.29, 1.82) is 0 Å². The maximum absolute atomic E-state index is 14.2. The van der Waals surface area contributed by atoms with Crippen LogP contribution >= 0.6 is 0 Å².